The number of ether oxygens (including phenoxy) is 5. The lowest BCUT2D eigenvalue weighted by molar-refractivity contribution is -0.301. The minimum absolute atomic E-state index is 0.0129. The predicted octanol–water partition coefficient (Wildman–Crippen LogP) is 15.4. The molecular formula is C65H104O12. The highest BCUT2D eigenvalue weighted by molar-refractivity contribution is 5.74. The number of hydrogen-bond donors (Lipinski definition) is 3. The van der Waals surface area contributed by atoms with Crippen LogP contribution in [-0.4, -0.2) is 89.2 Å². The number of rotatable bonds is 49. The average Bonchev–Trinajstić information content (AvgIpc) is 3.42. The summed E-state index contributed by atoms with van der Waals surface area (Å²) in [6, 6.07) is 0. The molecule has 436 valence electrons. The van der Waals surface area contributed by atoms with Gasteiger partial charge in [0.1, 0.15) is 18.8 Å². The Labute approximate surface area is 465 Å². The van der Waals surface area contributed by atoms with Gasteiger partial charge in [-0.3, -0.25) is 14.4 Å². The van der Waals surface area contributed by atoms with Crippen molar-refractivity contribution in [3.8, 4) is 0 Å². The van der Waals surface area contributed by atoms with Crippen LogP contribution in [0.15, 0.2) is 109 Å². The molecule has 1 aliphatic rings. The summed E-state index contributed by atoms with van der Waals surface area (Å²) in [7, 11) is 0. The van der Waals surface area contributed by atoms with E-state index in [2.05, 4.69) is 130 Å². The number of carboxylic acid groups (broad SMARTS) is 1. The first kappa shape index (κ1) is 70.4. The Balaban J connectivity index is 2.72. The van der Waals surface area contributed by atoms with Crippen molar-refractivity contribution < 1.29 is 58.2 Å². The number of aliphatic hydroxyl groups is 2. The smallest absolute Gasteiger partial charge is 0.335 e. The molecule has 0 aromatic heterocycles. The zero-order chi connectivity index (χ0) is 56.1. The number of carbonyl (C=O) groups is 4. The second kappa shape index (κ2) is 52.1. The summed E-state index contributed by atoms with van der Waals surface area (Å²) >= 11 is 0. The highest BCUT2D eigenvalue weighted by atomic mass is 16.7. The molecule has 6 unspecified atom stereocenters. The van der Waals surface area contributed by atoms with E-state index in [1.54, 1.807) is 0 Å². The van der Waals surface area contributed by atoms with Gasteiger partial charge in [-0.1, -0.05) is 194 Å². The number of aliphatic hydroxyl groups excluding tert-OH is 2. The molecule has 1 aliphatic heterocycles. The lowest BCUT2D eigenvalue weighted by atomic mass is 9.98. The van der Waals surface area contributed by atoms with E-state index in [4.69, 9.17) is 23.7 Å². The maximum atomic E-state index is 13.1. The maximum absolute atomic E-state index is 13.1. The second-order valence-electron chi connectivity index (χ2n) is 19.9. The molecule has 0 bridgehead atoms. The van der Waals surface area contributed by atoms with Crippen LogP contribution in [-0.2, 0) is 42.9 Å². The highest BCUT2D eigenvalue weighted by Crippen LogP contribution is 2.26. The molecule has 1 rings (SSSR count). The molecule has 1 heterocycles. The van der Waals surface area contributed by atoms with Crippen molar-refractivity contribution >= 4 is 23.9 Å². The molecule has 1 saturated heterocycles. The second-order valence-corrected chi connectivity index (χ2v) is 19.9. The topological polar surface area (TPSA) is 175 Å². The van der Waals surface area contributed by atoms with Crippen LogP contribution < -0.4 is 0 Å². The molecule has 12 nitrogen and oxygen atoms in total. The monoisotopic (exact) mass is 1080 g/mol. The molecule has 0 spiro atoms. The van der Waals surface area contributed by atoms with Gasteiger partial charge < -0.3 is 39.0 Å². The first-order valence-electron chi connectivity index (χ1n) is 29.9. The van der Waals surface area contributed by atoms with Crippen molar-refractivity contribution in [2.24, 2.45) is 0 Å². The molecule has 3 N–H and O–H groups in total. The van der Waals surface area contributed by atoms with Gasteiger partial charge in [0.2, 0.25) is 0 Å². The van der Waals surface area contributed by atoms with Crippen LogP contribution in [0.3, 0.4) is 0 Å². The van der Waals surface area contributed by atoms with Crippen LogP contribution in [0.2, 0.25) is 0 Å². The quantitative estimate of drug-likeness (QED) is 0.0228. The van der Waals surface area contributed by atoms with Crippen LogP contribution >= 0.6 is 0 Å². The Morgan fingerprint density at radius 3 is 1.31 bits per heavy atom. The lowest BCUT2D eigenvalue weighted by Crippen LogP contribution is -2.61. The number of allylic oxidation sites excluding steroid dienone is 18. The lowest BCUT2D eigenvalue weighted by Gasteiger charge is -2.40. The van der Waals surface area contributed by atoms with Gasteiger partial charge in [0.25, 0.3) is 0 Å². The van der Waals surface area contributed by atoms with E-state index >= 15 is 0 Å². The predicted molar refractivity (Wildman–Crippen MR) is 312 cm³/mol. The fourth-order valence-electron chi connectivity index (χ4n) is 8.23. The van der Waals surface area contributed by atoms with Crippen molar-refractivity contribution in [2.45, 2.75) is 263 Å². The van der Waals surface area contributed by atoms with E-state index in [1.807, 2.05) is 0 Å². The minimum atomic E-state index is -1.92. The van der Waals surface area contributed by atoms with Crippen LogP contribution in [0.5, 0.6) is 0 Å². The number of unbranched alkanes of at least 4 members (excludes halogenated alkanes) is 17. The minimum Gasteiger partial charge on any atom is -0.479 e. The SMILES string of the molecule is CC/C=C\C/C=C\C/C=C\C/C=C\C/C=C\CCCCCC(=O)OC1C(OCC(COC(=O)CCCCCCC/C=C\C/C=C\CCCCC)OC(=O)CCCCCCC/C=C\C/C=C\CCC)OC(C(=O)O)C(O)C1O. The highest BCUT2D eigenvalue weighted by Gasteiger charge is 2.50. The third-order valence-corrected chi connectivity index (χ3v) is 12.8. The van der Waals surface area contributed by atoms with Gasteiger partial charge in [-0.2, -0.15) is 0 Å². The summed E-state index contributed by atoms with van der Waals surface area (Å²) < 4.78 is 28.4. The van der Waals surface area contributed by atoms with Crippen molar-refractivity contribution in [3.63, 3.8) is 0 Å². The third-order valence-electron chi connectivity index (χ3n) is 12.8. The van der Waals surface area contributed by atoms with Gasteiger partial charge in [0, 0.05) is 19.3 Å². The summed E-state index contributed by atoms with van der Waals surface area (Å²) in [5, 5.41) is 31.5. The van der Waals surface area contributed by atoms with Gasteiger partial charge >= 0.3 is 23.9 Å². The van der Waals surface area contributed by atoms with E-state index in [-0.39, 0.29) is 25.9 Å². The Bertz CT molecular complexity index is 1750. The molecule has 1 fully saturated rings. The Kier molecular flexibility index (Phi) is 47.6. The third kappa shape index (κ3) is 42.1. The van der Waals surface area contributed by atoms with Crippen LogP contribution in [0.1, 0.15) is 226 Å². The number of carboxylic acids is 1. The summed E-state index contributed by atoms with van der Waals surface area (Å²) in [5.74, 6) is -3.21. The average molecular weight is 1080 g/mol. The molecule has 0 aromatic rings. The summed E-state index contributed by atoms with van der Waals surface area (Å²) in [6.45, 7) is 5.74. The fraction of sp³-hybridized carbons (Fsp3) is 0.662. The standard InChI is InChI=1S/C65H104O12/c1-4-7-10-13-16-19-22-25-27-28-29-30-32-35-38-41-44-47-50-53-59(68)76-63-61(70)60(69)62(64(71)72)77-65(63)74-55-56(75-58(67)52-49-46-43-40-37-33-24-21-18-15-12-9-6-3)54-73-57(66)51-48-45-42-39-36-34-31-26-23-20-17-14-11-8-5-2/h7,10,12,15-17,19-21,24-27,29-31,35,38,56,60-63,65,69-70H,4-6,8-9,11,13-14,18,22-23,28,32-34,36-37,39-55H2,1-3H3,(H,71,72)/b10-7-,15-12-,19-16-,20-17-,24-21-,27-25-,30-29-,31-26-,38-35-. The Hall–Kier alpha value is -4.62. The first-order chi connectivity index (χ1) is 37.6. The van der Waals surface area contributed by atoms with E-state index in [0.29, 0.717) is 19.3 Å². The van der Waals surface area contributed by atoms with Crippen LogP contribution in [0.25, 0.3) is 0 Å². The van der Waals surface area contributed by atoms with Crippen molar-refractivity contribution in [2.75, 3.05) is 13.2 Å². The van der Waals surface area contributed by atoms with Gasteiger partial charge in [0.05, 0.1) is 6.61 Å². The summed E-state index contributed by atoms with van der Waals surface area (Å²) in [5.41, 5.74) is 0. The fourth-order valence-corrected chi connectivity index (χ4v) is 8.23. The van der Waals surface area contributed by atoms with Gasteiger partial charge in [-0.05, 0) is 122 Å². The molecular weight excluding hydrogens is 973 g/mol. The van der Waals surface area contributed by atoms with Crippen LogP contribution in [0.4, 0.5) is 0 Å². The number of hydrogen-bond acceptors (Lipinski definition) is 11. The number of aliphatic carboxylic acids is 1. The Morgan fingerprint density at radius 1 is 0.442 bits per heavy atom. The molecule has 0 aromatic carbocycles. The zero-order valence-corrected chi connectivity index (χ0v) is 47.9. The van der Waals surface area contributed by atoms with Crippen molar-refractivity contribution in [1.82, 2.24) is 0 Å². The van der Waals surface area contributed by atoms with Gasteiger partial charge in [-0.25, -0.2) is 4.79 Å². The summed E-state index contributed by atoms with van der Waals surface area (Å²) in [4.78, 5) is 51.1. The first-order valence-corrected chi connectivity index (χ1v) is 29.9. The van der Waals surface area contributed by atoms with E-state index in [1.165, 1.54) is 19.3 Å². The number of carbonyl (C=O) groups excluding carboxylic acids is 3. The zero-order valence-electron chi connectivity index (χ0n) is 47.9. The molecule has 0 saturated carbocycles. The van der Waals surface area contributed by atoms with E-state index in [9.17, 15) is 34.5 Å². The molecule has 0 amide bonds. The Morgan fingerprint density at radius 2 is 0.844 bits per heavy atom. The maximum Gasteiger partial charge on any atom is 0.335 e. The van der Waals surface area contributed by atoms with E-state index < -0.39 is 67.3 Å². The molecule has 77 heavy (non-hydrogen) atoms. The normalized spacial score (nSPS) is 18.8. The summed E-state index contributed by atoms with van der Waals surface area (Å²) in [6.07, 6.45) is 57.6. The number of esters is 3. The van der Waals surface area contributed by atoms with Crippen molar-refractivity contribution in [1.29, 1.82) is 0 Å². The molecule has 12 heteroatoms. The molecule has 0 aliphatic carbocycles. The van der Waals surface area contributed by atoms with Crippen LogP contribution in [0, 0.1) is 0 Å². The molecule has 6 atom stereocenters. The van der Waals surface area contributed by atoms with Gasteiger partial charge in [-0.15, -0.1) is 0 Å². The van der Waals surface area contributed by atoms with E-state index in [0.717, 1.165) is 148 Å². The largest absolute Gasteiger partial charge is 0.479 e. The van der Waals surface area contributed by atoms with Gasteiger partial charge in [0.15, 0.2) is 24.6 Å². The molecule has 0 radical (unpaired) electrons. The van der Waals surface area contributed by atoms with Crippen molar-refractivity contribution in [3.05, 3.63) is 109 Å².